The van der Waals surface area contributed by atoms with Crippen molar-refractivity contribution < 1.29 is 33.3 Å². The average molecular weight is 819 g/mol. The van der Waals surface area contributed by atoms with E-state index in [1.165, 1.54) is 0 Å². The molecule has 0 aromatic heterocycles. The van der Waals surface area contributed by atoms with Gasteiger partial charge < -0.3 is 28.5 Å². The fourth-order valence-electron chi connectivity index (χ4n) is 7.08. The summed E-state index contributed by atoms with van der Waals surface area (Å²) >= 11 is 0. The number of aliphatic carboxylic acids is 1. The number of carboxylic acid groups (broad SMARTS) is 1. The number of aliphatic hydroxyl groups excluding tert-OH is 1. The van der Waals surface area contributed by atoms with Crippen molar-refractivity contribution >= 4 is 22.6 Å². The molecule has 1 aliphatic heterocycles. The van der Waals surface area contributed by atoms with Crippen molar-refractivity contribution in [3.63, 3.8) is 0 Å². The van der Waals surface area contributed by atoms with E-state index in [1.54, 1.807) is 18.2 Å². The Kier molecular flexibility index (Phi) is 20.7. The number of carboxylic acids is 1. The van der Waals surface area contributed by atoms with Gasteiger partial charge in [-0.05, 0) is 87.1 Å². The summed E-state index contributed by atoms with van der Waals surface area (Å²) < 4.78 is 27.1. The Balaban J connectivity index is 3.29. The van der Waals surface area contributed by atoms with Gasteiger partial charge >= 0.3 is 5.97 Å². The molecule has 1 rings (SSSR count). The topological polar surface area (TPSA) is 94.5 Å². The molecule has 11 atom stereocenters. The molecule has 7 nitrogen and oxygen atoms in total. The quantitative estimate of drug-likeness (QED) is 0.0486. The molecule has 1 heterocycles. The molecule has 9 heteroatoms. The lowest BCUT2D eigenvalue weighted by molar-refractivity contribution is -0.295. The summed E-state index contributed by atoms with van der Waals surface area (Å²) in [6, 6.07) is 0. The highest BCUT2D eigenvalue weighted by atomic mass is 28.4. The monoisotopic (exact) mass is 819 g/mol. The van der Waals surface area contributed by atoms with Crippen LogP contribution in [0.1, 0.15) is 123 Å². The van der Waals surface area contributed by atoms with Gasteiger partial charge in [0.1, 0.15) is 0 Å². The van der Waals surface area contributed by atoms with Crippen molar-refractivity contribution in [2.75, 3.05) is 0 Å². The number of aliphatic hydroxyl groups is 1. The second kappa shape index (κ2) is 22.1. The van der Waals surface area contributed by atoms with Crippen LogP contribution in [-0.2, 0) is 23.1 Å². The van der Waals surface area contributed by atoms with E-state index in [9.17, 15) is 9.90 Å². The van der Waals surface area contributed by atoms with Gasteiger partial charge in [-0.15, -0.1) is 0 Å². The highest BCUT2D eigenvalue weighted by Gasteiger charge is 2.43. The lowest BCUT2D eigenvalue weighted by atomic mass is 9.82. The number of ether oxygens (including phenoxy) is 2. The molecule has 1 fully saturated rings. The summed E-state index contributed by atoms with van der Waals surface area (Å²) in [5, 5.41) is 20.6. The van der Waals surface area contributed by atoms with E-state index in [0.717, 1.165) is 25.3 Å². The minimum atomic E-state index is -2.10. The number of carbonyl (C=O) groups is 1. The lowest BCUT2D eigenvalue weighted by Gasteiger charge is -2.44. The van der Waals surface area contributed by atoms with E-state index in [0.29, 0.717) is 18.3 Å². The van der Waals surface area contributed by atoms with Crippen LogP contribution in [0.4, 0.5) is 0 Å². The van der Waals surface area contributed by atoms with Crippen LogP contribution < -0.4 is 0 Å². The summed E-state index contributed by atoms with van der Waals surface area (Å²) in [7, 11) is -4.19. The molecule has 0 radical (unpaired) electrons. The maximum Gasteiger partial charge on any atom is 0.328 e. The zero-order valence-electron chi connectivity index (χ0n) is 39.0. The first-order valence-electron chi connectivity index (χ1n) is 21.4. The Hall–Kier alpha value is -1.60. The number of allylic oxidation sites excluding steroid dienone is 4. The van der Waals surface area contributed by atoms with Crippen LogP contribution in [0.15, 0.2) is 61.3 Å². The number of hydrogen-bond donors (Lipinski definition) is 2. The molecule has 0 aliphatic carbocycles. The fraction of sp³-hybridized carbons (Fsp3) is 0.766. The summed E-state index contributed by atoms with van der Waals surface area (Å²) in [5.74, 6) is -0.721. The molecule has 56 heavy (non-hydrogen) atoms. The Morgan fingerprint density at radius 1 is 0.839 bits per heavy atom. The highest BCUT2D eigenvalue weighted by molar-refractivity contribution is 6.74. The van der Waals surface area contributed by atoms with Crippen molar-refractivity contribution in [2.45, 2.75) is 195 Å². The molecule has 0 amide bonds. The van der Waals surface area contributed by atoms with Gasteiger partial charge in [-0.2, -0.15) is 0 Å². The molecule has 0 aromatic rings. The third-order valence-corrected chi connectivity index (χ3v) is 21.8. The standard InChI is InChI=1S/C47H86O7Si2/c1-20-21-24-35(4)43(50)38(7)40(53-55(16,17)45(8,9)10)30-27-33(2)31-37(6)44(54-56(18,19)46(11,12)13)36(5)28-29-39-32-41(52-47(14,15)51-39)34(3)25-22-23-26-42(48)49/h20-26,28-29,33-41,43-44,50H,1,27,30-32H2,2-19H3,(H,48,49)/b24-21-,25-22+,26-23-,29-28-/t33-,34+,35-,36-,37-,38-,39+,40+,41-,43-,44-/m0/s1. The molecule has 0 unspecified atom stereocenters. The lowest BCUT2D eigenvalue weighted by Crippen LogP contribution is -2.48. The van der Waals surface area contributed by atoms with Gasteiger partial charge in [0.2, 0.25) is 0 Å². The molecular formula is C47H86O7Si2. The van der Waals surface area contributed by atoms with Crippen LogP contribution in [0.25, 0.3) is 0 Å². The summed E-state index contributed by atoms with van der Waals surface area (Å²) in [6.45, 7) is 44.2. The van der Waals surface area contributed by atoms with Crippen molar-refractivity contribution in [1.82, 2.24) is 0 Å². The molecule has 324 valence electrons. The maximum absolute atomic E-state index is 11.5. The van der Waals surface area contributed by atoms with E-state index < -0.39 is 34.5 Å². The predicted molar refractivity (Wildman–Crippen MR) is 242 cm³/mol. The van der Waals surface area contributed by atoms with Crippen LogP contribution in [-0.4, -0.2) is 69.1 Å². The minimum Gasteiger partial charge on any atom is -0.478 e. The highest BCUT2D eigenvalue weighted by Crippen LogP contribution is 2.42. The normalized spacial score (nSPS) is 23.9. The second-order valence-corrected chi connectivity index (χ2v) is 30.1. The number of rotatable bonds is 22. The van der Waals surface area contributed by atoms with Gasteiger partial charge in [-0.1, -0.05) is 138 Å². The van der Waals surface area contributed by atoms with E-state index in [1.807, 2.05) is 32.1 Å². The molecular weight excluding hydrogens is 733 g/mol. The molecule has 1 saturated heterocycles. The van der Waals surface area contributed by atoms with E-state index in [2.05, 4.69) is 128 Å². The van der Waals surface area contributed by atoms with Crippen LogP contribution >= 0.6 is 0 Å². The average Bonchev–Trinajstić information content (AvgIpc) is 3.05. The third-order valence-electron chi connectivity index (χ3n) is 12.8. The first-order chi connectivity index (χ1) is 25.4. The molecule has 0 bridgehead atoms. The Morgan fingerprint density at radius 3 is 1.95 bits per heavy atom. The second-order valence-electron chi connectivity index (χ2n) is 20.6. The smallest absolute Gasteiger partial charge is 0.328 e. The van der Waals surface area contributed by atoms with Gasteiger partial charge in [0.05, 0.1) is 30.5 Å². The van der Waals surface area contributed by atoms with Crippen molar-refractivity contribution in [3.05, 3.63) is 61.3 Å². The summed E-state index contributed by atoms with van der Waals surface area (Å²) in [6.07, 6.45) is 19.6. The first kappa shape index (κ1) is 52.4. The fourth-order valence-corrected chi connectivity index (χ4v) is 10.0. The largest absolute Gasteiger partial charge is 0.478 e. The molecule has 0 aromatic carbocycles. The Labute approximate surface area is 346 Å². The van der Waals surface area contributed by atoms with Crippen molar-refractivity contribution in [1.29, 1.82) is 0 Å². The molecule has 1 aliphatic rings. The van der Waals surface area contributed by atoms with E-state index >= 15 is 0 Å². The number of hydrogen-bond acceptors (Lipinski definition) is 6. The molecule has 0 spiro atoms. The molecule has 0 saturated carbocycles. The Morgan fingerprint density at radius 2 is 1.41 bits per heavy atom. The van der Waals surface area contributed by atoms with Gasteiger partial charge in [0.25, 0.3) is 0 Å². The molecule has 2 N–H and O–H groups in total. The van der Waals surface area contributed by atoms with Gasteiger partial charge in [-0.25, -0.2) is 4.79 Å². The van der Waals surface area contributed by atoms with Gasteiger partial charge in [-0.3, -0.25) is 0 Å². The third kappa shape index (κ3) is 17.3. The van der Waals surface area contributed by atoms with Gasteiger partial charge in [0.15, 0.2) is 22.4 Å². The van der Waals surface area contributed by atoms with Crippen LogP contribution in [0.2, 0.25) is 36.3 Å². The first-order valence-corrected chi connectivity index (χ1v) is 27.2. The van der Waals surface area contributed by atoms with Crippen molar-refractivity contribution in [3.8, 4) is 0 Å². The van der Waals surface area contributed by atoms with Crippen LogP contribution in [0.3, 0.4) is 0 Å². The zero-order valence-corrected chi connectivity index (χ0v) is 41.0. The Bertz CT molecular complexity index is 1320. The predicted octanol–water partition coefficient (Wildman–Crippen LogP) is 12.5. The zero-order chi connectivity index (χ0) is 43.4. The van der Waals surface area contributed by atoms with Crippen LogP contribution in [0, 0.1) is 35.5 Å². The van der Waals surface area contributed by atoms with Crippen LogP contribution in [0.5, 0.6) is 0 Å². The van der Waals surface area contributed by atoms with E-state index in [4.69, 9.17) is 23.4 Å². The SMILES string of the molecule is C=C/C=C\[C@H](C)[C@H](O)[C@@H](C)[C@@H](CC[C@H](C)C[C@H](C)[C@@H](O[Si](C)(C)C(C)(C)C)[C@@H](C)/C=C\[C@@H]1C[C@@H]([C@H](C)/C=C/C=C\C(=O)O)OC(C)(C)O1)O[Si](C)(C)C(C)(C)C. The van der Waals surface area contributed by atoms with E-state index in [-0.39, 0.29) is 58.2 Å². The van der Waals surface area contributed by atoms with Crippen molar-refractivity contribution in [2.24, 2.45) is 35.5 Å². The minimum absolute atomic E-state index is 0.00495. The maximum atomic E-state index is 11.5. The summed E-state index contributed by atoms with van der Waals surface area (Å²) in [4.78, 5) is 10.9. The summed E-state index contributed by atoms with van der Waals surface area (Å²) in [5.41, 5.74) is 0. The van der Waals surface area contributed by atoms with Gasteiger partial charge in [0, 0.05) is 30.3 Å².